The Bertz CT molecular complexity index is 408. The molecule has 3 unspecified atom stereocenters. The van der Waals surface area contributed by atoms with Crippen molar-refractivity contribution in [1.82, 2.24) is 10.6 Å². The van der Waals surface area contributed by atoms with E-state index >= 15 is 0 Å². The molecule has 1 aromatic rings. The summed E-state index contributed by atoms with van der Waals surface area (Å²) in [4.78, 5) is 12.2. The molecule has 0 spiro atoms. The first-order chi connectivity index (χ1) is 9.20. The van der Waals surface area contributed by atoms with Crippen LogP contribution in [0, 0.1) is 11.8 Å². The van der Waals surface area contributed by atoms with Crippen molar-refractivity contribution in [2.45, 2.75) is 19.4 Å². The van der Waals surface area contributed by atoms with Crippen molar-refractivity contribution >= 4 is 5.91 Å². The molecule has 3 atom stereocenters. The number of aliphatic hydroxyl groups excluding tert-OH is 1. The fourth-order valence-corrected chi connectivity index (χ4v) is 2.53. The third-order valence-corrected chi connectivity index (χ3v) is 3.75. The Labute approximate surface area is 114 Å². The first-order valence-electron chi connectivity index (χ1n) is 6.86. The average molecular weight is 262 g/mol. The second-order valence-electron chi connectivity index (χ2n) is 5.32. The van der Waals surface area contributed by atoms with Crippen LogP contribution in [0.1, 0.15) is 12.5 Å². The molecule has 0 radical (unpaired) electrons. The number of amides is 1. The normalized spacial score (nSPS) is 24.1. The van der Waals surface area contributed by atoms with Crippen LogP contribution in [0.5, 0.6) is 0 Å². The van der Waals surface area contributed by atoms with Gasteiger partial charge in [0.2, 0.25) is 5.91 Å². The lowest BCUT2D eigenvalue weighted by molar-refractivity contribution is -0.126. The number of hydrogen-bond acceptors (Lipinski definition) is 3. The van der Waals surface area contributed by atoms with Crippen molar-refractivity contribution in [3.63, 3.8) is 0 Å². The Morgan fingerprint density at radius 2 is 2.16 bits per heavy atom. The third-order valence-electron chi connectivity index (χ3n) is 3.75. The zero-order chi connectivity index (χ0) is 13.7. The molecular weight excluding hydrogens is 240 g/mol. The number of rotatable bonds is 5. The van der Waals surface area contributed by atoms with E-state index in [9.17, 15) is 9.90 Å². The zero-order valence-electron chi connectivity index (χ0n) is 11.3. The molecule has 104 valence electrons. The van der Waals surface area contributed by atoms with Gasteiger partial charge >= 0.3 is 0 Å². The summed E-state index contributed by atoms with van der Waals surface area (Å²) in [5.74, 6) is 0.424. The molecule has 0 aromatic heterocycles. The molecule has 1 aliphatic rings. The highest BCUT2D eigenvalue weighted by molar-refractivity contribution is 5.79. The van der Waals surface area contributed by atoms with E-state index in [0.717, 1.165) is 18.7 Å². The van der Waals surface area contributed by atoms with E-state index in [0.29, 0.717) is 12.3 Å². The minimum atomic E-state index is -0.206. The number of benzene rings is 1. The summed E-state index contributed by atoms with van der Waals surface area (Å²) in [6.07, 6.45) is 0.664. The van der Waals surface area contributed by atoms with Crippen LogP contribution in [0.4, 0.5) is 0 Å². The Kier molecular flexibility index (Phi) is 4.93. The van der Waals surface area contributed by atoms with Crippen LogP contribution in [0.15, 0.2) is 30.3 Å². The highest BCUT2D eigenvalue weighted by Crippen LogP contribution is 2.16. The molecule has 1 aliphatic heterocycles. The lowest BCUT2D eigenvalue weighted by Gasteiger charge is -2.20. The minimum Gasteiger partial charge on any atom is -0.394 e. The predicted molar refractivity (Wildman–Crippen MR) is 74.7 cm³/mol. The Morgan fingerprint density at radius 3 is 2.74 bits per heavy atom. The van der Waals surface area contributed by atoms with E-state index in [-0.39, 0.29) is 24.5 Å². The summed E-state index contributed by atoms with van der Waals surface area (Å²) < 4.78 is 0. The van der Waals surface area contributed by atoms with Crippen LogP contribution in [0.2, 0.25) is 0 Å². The fourth-order valence-electron chi connectivity index (χ4n) is 2.53. The van der Waals surface area contributed by atoms with Crippen LogP contribution in [-0.2, 0) is 11.2 Å². The van der Waals surface area contributed by atoms with E-state index < -0.39 is 0 Å². The monoisotopic (exact) mass is 262 g/mol. The largest absolute Gasteiger partial charge is 0.394 e. The maximum absolute atomic E-state index is 12.2. The van der Waals surface area contributed by atoms with Crippen LogP contribution < -0.4 is 10.6 Å². The fraction of sp³-hybridized carbons (Fsp3) is 0.533. The van der Waals surface area contributed by atoms with Crippen molar-refractivity contribution in [2.24, 2.45) is 11.8 Å². The van der Waals surface area contributed by atoms with Gasteiger partial charge in [-0.15, -0.1) is 0 Å². The van der Waals surface area contributed by atoms with E-state index in [1.165, 1.54) is 0 Å². The first kappa shape index (κ1) is 14.0. The van der Waals surface area contributed by atoms with Gasteiger partial charge in [-0.25, -0.2) is 0 Å². The number of carbonyl (C=O) groups excluding carboxylic acids is 1. The molecule has 3 N–H and O–H groups in total. The summed E-state index contributed by atoms with van der Waals surface area (Å²) in [6.45, 7) is 3.67. The summed E-state index contributed by atoms with van der Waals surface area (Å²) >= 11 is 0. The number of carbonyl (C=O) groups is 1. The van der Waals surface area contributed by atoms with Crippen LogP contribution in [0.25, 0.3) is 0 Å². The van der Waals surface area contributed by atoms with Gasteiger partial charge in [0.1, 0.15) is 0 Å². The van der Waals surface area contributed by atoms with Gasteiger partial charge in [-0.1, -0.05) is 37.3 Å². The molecule has 19 heavy (non-hydrogen) atoms. The minimum absolute atomic E-state index is 0.0184. The number of aliphatic hydroxyl groups is 1. The zero-order valence-corrected chi connectivity index (χ0v) is 11.3. The lowest BCUT2D eigenvalue weighted by atomic mass is 9.96. The van der Waals surface area contributed by atoms with Crippen molar-refractivity contribution in [3.05, 3.63) is 35.9 Å². The number of hydrogen-bond donors (Lipinski definition) is 3. The molecule has 0 saturated carbocycles. The van der Waals surface area contributed by atoms with Crippen molar-refractivity contribution in [2.75, 3.05) is 19.7 Å². The summed E-state index contributed by atoms with van der Waals surface area (Å²) in [6, 6.07) is 9.71. The van der Waals surface area contributed by atoms with Gasteiger partial charge in [-0.3, -0.25) is 4.79 Å². The van der Waals surface area contributed by atoms with Crippen molar-refractivity contribution < 1.29 is 9.90 Å². The predicted octanol–water partition coefficient (Wildman–Crippen LogP) is 0.562. The molecular formula is C15H22N2O2. The van der Waals surface area contributed by atoms with Gasteiger partial charge in [0.15, 0.2) is 0 Å². The molecule has 1 fully saturated rings. The average Bonchev–Trinajstić information content (AvgIpc) is 2.85. The van der Waals surface area contributed by atoms with E-state index in [1.807, 2.05) is 30.3 Å². The molecule has 0 aliphatic carbocycles. The van der Waals surface area contributed by atoms with Gasteiger partial charge in [0.05, 0.1) is 18.6 Å². The van der Waals surface area contributed by atoms with Crippen molar-refractivity contribution in [1.29, 1.82) is 0 Å². The maximum atomic E-state index is 12.2. The highest BCUT2D eigenvalue weighted by Gasteiger charge is 2.30. The SMILES string of the molecule is CC1CNCC1C(=O)NC(CO)Cc1ccccc1. The quantitative estimate of drug-likeness (QED) is 0.727. The van der Waals surface area contributed by atoms with Crippen molar-refractivity contribution in [3.8, 4) is 0 Å². The smallest absolute Gasteiger partial charge is 0.225 e. The molecule has 4 nitrogen and oxygen atoms in total. The lowest BCUT2D eigenvalue weighted by Crippen LogP contribution is -2.44. The van der Waals surface area contributed by atoms with Crippen LogP contribution >= 0.6 is 0 Å². The van der Waals surface area contributed by atoms with Gasteiger partial charge in [-0.2, -0.15) is 0 Å². The van der Waals surface area contributed by atoms with Gasteiger partial charge in [-0.05, 0) is 24.4 Å². The van der Waals surface area contributed by atoms with E-state index in [2.05, 4.69) is 17.6 Å². The van der Waals surface area contributed by atoms with Gasteiger partial charge in [0, 0.05) is 6.54 Å². The number of nitrogens with one attached hydrogen (secondary N) is 2. The Morgan fingerprint density at radius 1 is 1.42 bits per heavy atom. The highest BCUT2D eigenvalue weighted by atomic mass is 16.3. The summed E-state index contributed by atoms with van der Waals surface area (Å²) in [5.41, 5.74) is 1.12. The standard InChI is InChI=1S/C15H22N2O2/c1-11-8-16-9-14(11)15(19)17-13(10-18)7-12-5-3-2-4-6-12/h2-6,11,13-14,16,18H,7-10H2,1H3,(H,17,19). The van der Waals surface area contributed by atoms with Crippen LogP contribution in [0.3, 0.4) is 0 Å². The molecule has 0 bridgehead atoms. The Balaban J connectivity index is 1.90. The molecule has 1 amide bonds. The first-order valence-corrected chi connectivity index (χ1v) is 6.86. The van der Waals surface area contributed by atoms with Gasteiger partial charge < -0.3 is 15.7 Å². The topological polar surface area (TPSA) is 61.4 Å². The maximum Gasteiger partial charge on any atom is 0.225 e. The summed E-state index contributed by atoms with van der Waals surface area (Å²) in [7, 11) is 0. The molecule has 1 heterocycles. The van der Waals surface area contributed by atoms with Gasteiger partial charge in [0.25, 0.3) is 0 Å². The molecule has 1 aromatic carbocycles. The van der Waals surface area contributed by atoms with E-state index in [4.69, 9.17) is 0 Å². The Hall–Kier alpha value is -1.39. The third kappa shape index (κ3) is 3.78. The molecule has 4 heteroatoms. The van der Waals surface area contributed by atoms with Crippen LogP contribution in [-0.4, -0.2) is 36.8 Å². The molecule has 2 rings (SSSR count). The second-order valence-corrected chi connectivity index (χ2v) is 5.32. The second kappa shape index (κ2) is 6.68. The summed E-state index contributed by atoms with van der Waals surface area (Å²) in [5, 5.41) is 15.6. The van der Waals surface area contributed by atoms with E-state index in [1.54, 1.807) is 0 Å². The molecule has 1 saturated heterocycles.